The zero-order valence-corrected chi connectivity index (χ0v) is 33.9. The summed E-state index contributed by atoms with van der Waals surface area (Å²) in [6, 6.07) is 15.2. The minimum atomic E-state index is -1.01. The zero-order chi connectivity index (χ0) is 39.7. The molecule has 1 fully saturated rings. The van der Waals surface area contributed by atoms with Gasteiger partial charge in [0.2, 0.25) is 11.8 Å². The van der Waals surface area contributed by atoms with Crippen LogP contribution in [0.15, 0.2) is 59.7 Å². The summed E-state index contributed by atoms with van der Waals surface area (Å²) in [4.78, 5) is 40.9. The summed E-state index contributed by atoms with van der Waals surface area (Å²) in [7, 11) is 1.56. The quantitative estimate of drug-likeness (QED) is 0.146. The van der Waals surface area contributed by atoms with Crippen molar-refractivity contribution in [3.63, 3.8) is 0 Å². The van der Waals surface area contributed by atoms with Crippen molar-refractivity contribution in [2.45, 2.75) is 34.2 Å². The minimum absolute atomic E-state index is 0.0139. The Bertz CT molecular complexity index is 2470. The van der Waals surface area contributed by atoms with Crippen LogP contribution in [0, 0.1) is 20.8 Å². The molecule has 0 unspecified atom stereocenters. The van der Waals surface area contributed by atoms with Crippen LogP contribution >= 0.6 is 34.5 Å². The number of aryl methyl sites for hydroxylation is 2. The number of ether oxygens (including phenoxy) is 1. The maximum absolute atomic E-state index is 11.5. The average molecular weight is 815 g/mol. The highest BCUT2D eigenvalue weighted by Gasteiger charge is 2.27. The summed E-state index contributed by atoms with van der Waals surface area (Å²) in [5.41, 5.74) is 6.71. The van der Waals surface area contributed by atoms with Crippen LogP contribution < -0.4 is 15.0 Å². The number of amides is 1. The highest BCUT2D eigenvalue weighted by atomic mass is 35.5. The Hall–Kier alpha value is -5.28. The van der Waals surface area contributed by atoms with Crippen molar-refractivity contribution in [2.24, 2.45) is 4.99 Å². The second kappa shape index (κ2) is 16.4. The van der Waals surface area contributed by atoms with Crippen LogP contribution in [0.3, 0.4) is 0 Å². The van der Waals surface area contributed by atoms with Gasteiger partial charge in [0.15, 0.2) is 5.82 Å². The number of aromatic amines is 1. The molecule has 3 N–H and O–H groups in total. The lowest BCUT2D eigenvalue weighted by Crippen LogP contribution is -2.48. The number of piperazine rings is 1. The van der Waals surface area contributed by atoms with Crippen LogP contribution in [0.2, 0.25) is 10.0 Å². The molecular formula is C40H41Cl2N9O4S. The molecule has 56 heavy (non-hydrogen) atoms. The third kappa shape index (κ3) is 7.87. The number of rotatable bonds is 8. The second-order valence-electron chi connectivity index (χ2n) is 13.6. The van der Waals surface area contributed by atoms with Crippen molar-refractivity contribution in [2.75, 3.05) is 51.3 Å². The maximum Gasteiger partial charge on any atom is 0.337 e. The lowest BCUT2D eigenvalue weighted by atomic mass is 10.00. The monoisotopic (exact) mass is 813 g/mol. The van der Waals surface area contributed by atoms with Gasteiger partial charge in [0.25, 0.3) is 0 Å². The van der Waals surface area contributed by atoms with E-state index in [4.69, 9.17) is 37.9 Å². The van der Waals surface area contributed by atoms with Crippen LogP contribution in [-0.2, 0) is 11.3 Å². The molecule has 1 saturated heterocycles. The number of aromatic nitrogens is 5. The number of carboxylic acid groups (broad SMARTS) is 1. The van der Waals surface area contributed by atoms with Crippen LogP contribution in [0.4, 0.5) is 5.82 Å². The van der Waals surface area contributed by atoms with Crippen molar-refractivity contribution in [1.29, 1.82) is 0 Å². The molecular weight excluding hydrogens is 773 g/mol. The maximum atomic E-state index is 11.5. The molecule has 0 spiro atoms. The van der Waals surface area contributed by atoms with E-state index in [2.05, 4.69) is 48.7 Å². The van der Waals surface area contributed by atoms with Crippen LogP contribution in [0.5, 0.6) is 5.88 Å². The number of carbonyl (C=O) groups is 2. The fraction of sp³-hybridized carbons (Fsp3) is 0.300. The number of anilines is 1. The summed E-state index contributed by atoms with van der Waals surface area (Å²) in [5, 5.41) is 23.7. The minimum Gasteiger partial charge on any atom is -0.480 e. The molecule has 6 aromatic rings. The lowest BCUT2D eigenvalue weighted by Gasteiger charge is -2.35. The predicted octanol–water partition coefficient (Wildman–Crippen LogP) is 7.11. The van der Waals surface area contributed by atoms with Gasteiger partial charge in [0.1, 0.15) is 23.2 Å². The molecule has 0 atom stereocenters. The lowest BCUT2D eigenvalue weighted by molar-refractivity contribution is -0.119. The van der Waals surface area contributed by atoms with E-state index < -0.39 is 5.97 Å². The Labute approximate surface area is 338 Å². The number of pyridine rings is 1. The normalized spacial score (nSPS) is 14.0. The third-order valence-electron chi connectivity index (χ3n) is 10.0. The number of methoxy groups -OCH3 is 1. The highest BCUT2D eigenvalue weighted by molar-refractivity contribution is 7.15. The third-order valence-corrected chi connectivity index (χ3v) is 11.8. The topological polar surface area (TPSA) is 154 Å². The van der Waals surface area contributed by atoms with Crippen molar-refractivity contribution >= 4 is 68.8 Å². The van der Waals surface area contributed by atoms with Crippen LogP contribution in [0.25, 0.3) is 27.0 Å². The summed E-state index contributed by atoms with van der Waals surface area (Å²) in [6.07, 6.45) is 1.46. The first-order chi connectivity index (χ1) is 26.9. The van der Waals surface area contributed by atoms with E-state index in [-0.39, 0.29) is 11.5 Å². The molecule has 0 saturated carbocycles. The number of halogens is 2. The highest BCUT2D eigenvalue weighted by Crippen LogP contribution is 2.39. The summed E-state index contributed by atoms with van der Waals surface area (Å²) in [6.45, 7) is 13.2. The molecule has 290 valence electrons. The predicted molar refractivity (Wildman–Crippen MR) is 222 cm³/mol. The Morgan fingerprint density at radius 1 is 1.00 bits per heavy atom. The number of carboxylic acids is 1. The fourth-order valence-corrected chi connectivity index (χ4v) is 8.59. The van der Waals surface area contributed by atoms with Gasteiger partial charge in [0.05, 0.1) is 23.4 Å². The number of hydrogen-bond donors (Lipinski definition) is 3. The molecule has 2 aliphatic rings. The molecule has 0 radical (unpaired) electrons. The Kier molecular flexibility index (Phi) is 11.4. The van der Waals surface area contributed by atoms with Crippen molar-refractivity contribution in [3.8, 4) is 22.0 Å². The van der Waals surface area contributed by atoms with E-state index in [1.165, 1.54) is 29.1 Å². The number of hydrogen-bond acceptors (Lipinski definition) is 10. The first-order valence-electron chi connectivity index (χ1n) is 18.1. The van der Waals surface area contributed by atoms with E-state index in [1.54, 1.807) is 30.6 Å². The number of benzene rings is 2. The molecule has 6 heterocycles. The van der Waals surface area contributed by atoms with Crippen LogP contribution in [-0.4, -0.2) is 98.7 Å². The van der Waals surface area contributed by atoms with Crippen molar-refractivity contribution < 1.29 is 19.4 Å². The number of carbonyl (C=O) groups excluding carboxylic acids is 1. The van der Waals surface area contributed by atoms with E-state index in [0.29, 0.717) is 46.0 Å². The zero-order valence-electron chi connectivity index (χ0n) is 31.6. The smallest absolute Gasteiger partial charge is 0.337 e. The van der Waals surface area contributed by atoms with Crippen LogP contribution in [0.1, 0.15) is 50.5 Å². The number of aliphatic imine (C=N–C) groups is 1. The van der Waals surface area contributed by atoms with Gasteiger partial charge < -0.3 is 25.0 Å². The van der Waals surface area contributed by atoms with Crippen molar-refractivity contribution in [1.82, 2.24) is 34.9 Å². The SMILES string of the molecule is COc1nc(N2CCN(CCNC(C)=O)CC2)ccc1-c1cc2c(C(=O)O)c[nH]c2cc1Cl.Cc1sc2c(c1C)C(c1ccc(Cl)cc1)=NCc1nnc(C)n1-2. The molecule has 16 heteroatoms. The number of nitrogens with zero attached hydrogens (tertiary/aromatic N) is 7. The van der Waals surface area contributed by atoms with Gasteiger partial charge in [-0.15, -0.1) is 21.5 Å². The Morgan fingerprint density at radius 3 is 2.45 bits per heavy atom. The Balaban J connectivity index is 0.000000182. The molecule has 2 aromatic carbocycles. The van der Waals surface area contributed by atoms with Gasteiger partial charge in [-0.25, -0.2) is 4.79 Å². The standard InChI is InChI=1S/C23H26ClN5O4.C17H15ClN4S/c1-14(30)25-5-6-28-7-9-29(10-8-28)21-4-3-15(22(27-21)33-2)16-11-17-18(23(31)32)13-26-20(17)12-19(16)24;1-9-10(2)23-17-15(9)16(12-4-6-13(18)7-5-12)19-8-14-21-20-11(3)22(14)17/h3-4,11-13,26H,5-10H2,1-2H3,(H,25,30)(H,31,32);4-7H,8H2,1-3H3. The second-order valence-corrected chi connectivity index (χ2v) is 15.6. The first-order valence-corrected chi connectivity index (χ1v) is 19.6. The fourth-order valence-electron chi connectivity index (χ4n) is 6.97. The molecule has 1 amide bonds. The van der Waals surface area contributed by atoms with Crippen molar-refractivity contribution in [3.05, 3.63) is 104 Å². The van der Waals surface area contributed by atoms with E-state index in [9.17, 15) is 14.7 Å². The van der Waals surface area contributed by atoms with Gasteiger partial charge >= 0.3 is 5.97 Å². The number of aromatic carboxylic acids is 1. The molecule has 2 aliphatic heterocycles. The van der Waals surface area contributed by atoms with Gasteiger partial charge in [-0.05, 0) is 62.7 Å². The number of nitrogens with one attached hydrogen (secondary N) is 2. The van der Waals surface area contributed by atoms with Gasteiger partial charge in [-0.2, -0.15) is 4.98 Å². The summed E-state index contributed by atoms with van der Waals surface area (Å²) < 4.78 is 7.71. The summed E-state index contributed by atoms with van der Waals surface area (Å²) >= 11 is 14.3. The van der Waals surface area contributed by atoms with E-state index in [0.717, 1.165) is 71.5 Å². The molecule has 0 bridgehead atoms. The first kappa shape index (κ1) is 39.0. The molecule has 8 rings (SSSR count). The number of fused-ring (bicyclic) bond motifs is 4. The summed E-state index contributed by atoms with van der Waals surface area (Å²) in [5.74, 6) is 1.99. The molecule has 13 nitrogen and oxygen atoms in total. The Morgan fingerprint density at radius 2 is 1.75 bits per heavy atom. The number of H-pyrrole nitrogens is 1. The van der Waals surface area contributed by atoms with Gasteiger partial charge in [-0.1, -0.05) is 35.3 Å². The molecule has 4 aromatic heterocycles. The average Bonchev–Trinajstić information content (AvgIpc) is 3.82. The number of thiophene rings is 1. The van der Waals surface area contributed by atoms with Gasteiger partial charge in [-0.3, -0.25) is 19.3 Å². The van der Waals surface area contributed by atoms with E-state index in [1.807, 2.05) is 43.3 Å². The van der Waals surface area contributed by atoms with Gasteiger partial charge in [0, 0.05) is 95.4 Å². The largest absolute Gasteiger partial charge is 0.480 e. The molecule has 0 aliphatic carbocycles. The van der Waals surface area contributed by atoms with E-state index >= 15 is 0 Å².